The molecule has 0 saturated carbocycles. The number of carbonyl (C=O) groups excluding carboxylic acids is 2. The molecule has 2 amide bonds. The van der Waals surface area contributed by atoms with Crippen molar-refractivity contribution in [2.45, 2.75) is 19.5 Å². The van der Waals surface area contributed by atoms with Gasteiger partial charge in [-0.15, -0.1) is 0 Å². The lowest BCUT2D eigenvalue weighted by molar-refractivity contribution is -0.117. The van der Waals surface area contributed by atoms with E-state index in [1.54, 1.807) is 19.1 Å². The Morgan fingerprint density at radius 1 is 1.23 bits per heavy atom. The topological polar surface area (TPSA) is 74.6 Å². The maximum Gasteiger partial charge on any atom is 0.287 e. The molecule has 1 unspecified atom stereocenters. The van der Waals surface area contributed by atoms with Crippen LogP contribution in [0.3, 0.4) is 0 Å². The summed E-state index contributed by atoms with van der Waals surface area (Å²) in [6, 6.07) is 10.4. The largest absolute Gasteiger partial charge is 0.459 e. The zero-order valence-electron chi connectivity index (χ0n) is 14.7. The van der Waals surface area contributed by atoms with Crippen LogP contribution in [-0.2, 0) is 11.3 Å². The molecule has 1 aliphatic heterocycles. The molecule has 26 heavy (non-hydrogen) atoms. The smallest absolute Gasteiger partial charge is 0.287 e. The second kappa shape index (κ2) is 8.91. The third-order valence-corrected chi connectivity index (χ3v) is 5.13. The highest BCUT2D eigenvalue weighted by Crippen LogP contribution is 2.16. The van der Waals surface area contributed by atoms with Crippen molar-refractivity contribution in [2.75, 3.05) is 29.9 Å². The second-order valence-corrected chi connectivity index (χ2v) is 7.48. The number of benzene rings is 1. The van der Waals surface area contributed by atoms with Crippen LogP contribution in [0.4, 0.5) is 5.69 Å². The average molecular weight is 373 g/mol. The van der Waals surface area contributed by atoms with Crippen LogP contribution in [0.25, 0.3) is 0 Å². The van der Waals surface area contributed by atoms with Crippen LogP contribution < -0.4 is 10.6 Å². The van der Waals surface area contributed by atoms with Gasteiger partial charge in [-0.3, -0.25) is 14.5 Å². The first kappa shape index (κ1) is 18.5. The van der Waals surface area contributed by atoms with Crippen LogP contribution in [0.5, 0.6) is 0 Å². The van der Waals surface area contributed by atoms with Crippen molar-refractivity contribution >= 4 is 29.3 Å². The minimum Gasteiger partial charge on any atom is -0.459 e. The summed E-state index contributed by atoms with van der Waals surface area (Å²) in [5.41, 5.74) is 1.90. The van der Waals surface area contributed by atoms with Gasteiger partial charge in [0.05, 0.1) is 6.26 Å². The third-order valence-electron chi connectivity index (χ3n) is 4.19. The molecule has 1 aliphatic rings. The Morgan fingerprint density at radius 3 is 2.77 bits per heavy atom. The van der Waals surface area contributed by atoms with Crippen LogP contribution in [0.2, 0.25) is 0 Å². The van der Waals surface area contributed by atoms with Crippen molar-refractivity contribution in [3.8, 4) is 0 Å². The zero-order valence-corrected chi connectivity index (χ0v) is 15.6. The van der Waals surface area contributed by atoms with Crippen LogP contribution in [-0.4, -0.2) is 47.4 Å². The van der Waals surface area contributed by atoms with Gasteiger partial charge in [-0.25, -0.2) is 0 Å². The van der Waals surface area contributed by atoms with Gasteiger partial charge in [0.25, 0.3) is 5.91 Å². The van der Waals surface area contributed by atoms with Crippen molar-refractivity contribution < 1.29 is 14.0 Å². The van der Waals surface area contributed by atoms with Crippen LogP contribution >= 0.6 is 11.8 Å². The van der Waals surface area contributed by atoms with Gasteiger partial charge < -0.3 is 15.1 Å². The van der Waals surface area contributed by atoms with Gasteiger partial charge in [-0.2, -0.15) is 11.8 Å². The summed E-state index contributed by atoms with van der Waals surface area (Å²) in [5.74, 6) is 1.85. The van der Waals surface area contributed by atoms with Gasteiger partial charge >= 0.3 is 0 Å². The first-order valence-electron chi connectivity index (χ1n) is 8.66. The average Bonchev–Trinajstić information content (AvgIpc) is 3.17. The molecule has 1 fully saturated rings. The molecule has 0 aliphatic carbocycles. The number of nitrogens with zero attached hydrogens (tertiary/aromatic N) is 1. The highest BCUT2D eigenvalue weighted by atomic mass is 32.2. The van der Waals surface area contributed by atoms with E-state index >= 15 is 0 Å². The predicted octanol–water partition coefficient (Wildman–Crippen LogP) is 2.59. The summed E-state index contributed by atoms with van der Waals surface area (Å²) >= 11 is 1.99. The predicted molar refractivity (Wildman–Crippen MR) is 103 cm³/mol. The number of furan rings is 1. The first-order chi connectivity index (χ1) is 12.6. The molecule has 0 radical (unpaired) electrons. The fourth-order valence-corrected chi connectivity index (χ4v) is 3.74. The number of anilines is 1. The van der Waals surface area contributed by atoms with Crippen LogP contribution in [0, 0.1) is 0 Å². The van der Waals surface area contributed by atoms with Crippen molar-refractivity contribution in [1.29, 1.82) is 0 Å². The van der Waals surface area contributed by atoms with E-state index in [-0.39, 0.29) is 11.7 Å². The fourth-order valence-electron chi connectivity index (χ4n) is 2.76. The summed E-state index contributed by atoms with van der Waals surface area (Å²) in [6.45, 7) is 4.72. The number of hydrogen-bond acceptors (Lipinski definition) is 5. The van der Waals surface area contributed by atoms with Crippen molar-refractivity contribution in [3.05, 3.63) is 54.0 Å². The monoisotopic (exact) mass is 373 g/mol. The molecule has 1 atom stereocenters. The first-order valence-corrected chi connectivity index (χ1v) is 9.81. The lowest BCUT2D eigenvalue weighted by Crippen LogP contribution is -2.41. The number of thioether (sulfide) groups is 1. The molecule has 138 valence electrons. The van der Waals surface area contributed by atoms with Crippen LogP contribution in [0.1, 0.15) is 23.0 Å². The van der Waals surface area contributed by atoms with Gasteiger partial charge in [-0.1, -0.05) is 12.1 Å². The standard InChI is InChI=1S/C19H23N3O3S/c1-14(20-19(24)17-6-3-9-25-17)18(23)21-16-5-2-4-15(12-16)13-22-7-10-26-11-8-22/h2-6,9,12,14H,7-8,10-11,13H2,1H3,(H,20,24)(H,21,23). The molecule has 0 spiro atoms. The Labute approximate surface area is 157 Å². The number of hydrogen-bond donors (Lipinski definition) is 2. The van der Waals surface area contributed by atoms with Crippen molar-refractivity contribution in [2.24, 2.45) is 0 Å². The molecule has 2 aromatic rings. The number of carbonyl (C=O) groups is 2. The Kier molecular flexibility index (Phi) is 6.35. The zero-order chi connectivity index (χ0) is 18.4. The van der Waals surface area contributed by atoms with E-state index in [9.17, 15) is 9.59 Å². The molecule has 0 bridgehead atoms. The highest BCUT2D eigenvalue weighted by molar-refractivity contribution is 7.99. The van der Waals surface area contributed by atoms with E-state index in [4.69, 9.17) is 4.42 Å². The summed E-state index contributed by atoms with van der Waals surface area (Å²) in [4.78, 5) is 26.7. The number of nitrogens with one attached hydrogen (secondary N) is 2. The summed E-state index contributed by atoms with van der Waals surface area (Å²) in [7, 11) is 0. The minimum atomic E-state index is -0.671. The summed E-state index contributed by atoms with van der Waals surface area (Å²) in [6.07, 6.45) is 1.42. The Bertz CT molecular complexity index is 742. The quantitative estimate of drug-likeness (QED) is 0.814. The number of rotatable bonds is 6. The Balaban J connectivity index is 1.54. The van der Waals surface area contributed by atoms with Gasteiger partial charge in [-0.05, 0) is 36.8 Å². The van der Waals surface area contributed by atoms with Crippen molar-refractivity contribution in [1.82, 2.24) is 10.2 Å². The van der Waals surface area contributed by atoms with Gasteiger partial charge in [0, 0.05) is 36.8 Å². The van der Waals surface area contributed by atoms with E-state index in [2.05, 4.69) is 21.6 Å². The molecule has 3 rings (SSSR count). The summed E-state index contributed by atoms with van der Waals surface area (Å²) in [5, 5.41) is 5.49. The minimum absolute atomic E-state index is 0.186. The van der Waals surface area contributed by atoms with Gasteiger partial charge in [0.1, 0.15) is 6.04 Å². The summed E-state index contributed by atoms with van der Waals surface area (Å²) < 4.78 is 5.03. The normalized spacial score (nSPS) is 16.0. The lowest BCUT2D eigenvalue weighted by atomic mass is 10.1. The second-order valence-electron chi connectivity index (χ2n) is 6.25. The maximum absolute atomic E-state index is 12.3. The van der Waals surface area contributed by atoms with Gasteiger partial charge in [0.15, 0.2) is 5.76 Å². The third kappa shape index (κ3) is 5.12. The Hall–Kier alpha value is -2.25. The van der Waals surface area contributed by atoms with E-state index in [0.29, 0.717) is 0 Å². The fraction of sp³-hybridized carbons (Fsp3) is 0.368. The lowest BCUT2D eigenvalue weighted by Gasteiger charge is -2.26. The molecule has 2 N–H and O–H groups in total. The van der Waals surface area contributed by atoms with Crippen molar-refractivity contribution in [3.63, 3.8) is 0 Å². The SMILES string of the molecule is CC(NC(=O)c1ccco1)C(=O)Nc1cccc(CN2CCSCC2)c1. The molecular formula is C19H23N3O3S. The van der Waals surface area contributed by atoms with E-state index < -0.39 is 11.9 Å². The maximum atomic E-state index is 12.3. The molecule has 1 aromatic carbocycles. The van der Waals surface area contributed by atoms with E-state index in [0.717, 1.165) is 25.3 Å². The highest BCUT2D eigenvalue weighted by Gasteiger charge is 2.18. The number of amides is 2. The Morgan fingerprint density at radius 2 is 2.04 bits per heavy atom. The molecule has 1 aromatic heterocycles. The molecule has 1 saturated heterocycles. The van der Waals surface area contributed by atoms with E-state index in [1.165, 1.54) is 23.3 Å². The molecule has 2 heterocycles. The molecular weight excluding hydrogens is 350 g/mol. The molecule has 6 nitrogen and oxygen atoms in total. The van der Waals surface area contributed by atoms with E-state index in [1.807, 2.05) is 30.0 Å². The van der Waals surface area contributed by atoms with Gasteiger partial charge in [0.2, 0.25) is 5.91 Å². The molecule has 7 heteroatoms. The van der Waals surface area contributed by atoms with Crippen LogP contribution in [0.15, 0.2) is 47.1 Å².